The van der Waals surface area contributed by atoms with Crippen molar-refractivity contribution in [2.75, 3.05) is 26.2 Å². The number of aryl methyl sites for hydroxylation is 1. The van der Waals surface area contributed by atoms with E-state index in [1.165, 1.54) is 6.07 Å². The molecular formula is C23H23BrN4O3. The highest BCUT2D eigenvalue weighted by Crippen LogP contribution is 2.23. The maximum atomic E-state index is 13.3. The molecule has 0 unspecified atom stereocenters. The van der Waals surface area contributed by atoms with Crippen LogP contribution in [0.4, 0.5) is 0 Å². The Morgan fingerprint density at radius 3 is 2.10 bits per heavy atom. The van der Waals surface area contributed by atoms with Gasteiger partial charge in [-0.25, -0.2) is 4.68 Å². The molecular weight excluding hydrogens is 460 g/mol. The zero-order chi connectivity index (χ0) is 22.1. The van der Waals surface area contributed by atoms with Crippen LogP contribution in [0.3, 0.4) is 0 Å². The second-order valence-corrected chi connectivity index (χ2v) is 8.45. The van der Waals surface area contributed by atoms with Crippen LogP contribution in [0.25, 0.3) is 5.69 Å². The van der Waals surface area contributed by atoms with Gasteiger partial charge in [0.15, 0.2) is 0 Å². The number of phenolic OH excluding ortho intramolecular Hbond substituents is 1. The van der Waals surface area contributed by atoms with Gasteiger partial charge in [0.2, 0.25) is 0 Å². The number of carbonyl (C=O) groups is 2. The van der Waals surface area contributed by atoms with E-state index in [9.17, 15) is 14.7 Å². The minimum atomic E-state index is -0.222. The van der Waals surface area contributed by atoms with E-state index in [0.29, 0.717) is 37.4 Å². The highest BCUT2D eigenvalue weighted by molar-refractivity contribution is 9.10. The molecule has 1 aliphatic heterocycles. The normalized spacial score (nSPS) is 14.0. The van der Waals surface area contributed by atoms with Crippen molar-refractivity contribution in [2.45, 2.75) is 13.8 Å². The third-order valence-electron chi connectivity index (χ3n) is 5.56. The quantitative estimate of drug-likeness (QED) is 0.618. The number of piperazine rings is 1. The van der Waals surface area contributed by atoms with Gasteiger partial charge in [0.25, 0.3) is 11.8 Å². The first-order chi connectivity index (χ1) is 14.9. The first-order valence-corrected chi connectivity index (χ1v) is 10.8. The summed E-state index contributed by atoms with van der Waals surface area (Å²) in [5.41, 5.74) is 3.24. The lowest BCUT2D eigenvalue weighted by molar-refractivity contribution is 0.0532. The minimum absolute atomic E-state index is 0.0300. The monoisotopic (exact) mass is 482 g/mol. The van der Waals surface area contributed by atoms with Crippen LogP contribution in [0.15, 0.2) is 53.0 Å². The molecule has 160 valence electrons. The number of rotatable bonds is 3. The number of aromatic hydroxyl groups is 1. The van der Waals surface area contributed by atoms with Crippen LogP contribution in [-0.4, -0.2) is 62.7 Å². The van der Waals surface area contributed by atoms with Gasteiger partial charge in [-0.3, -0.25) is 9.59 Å². The van der Waals surface area contributed by atoms with Gasteiger partial charge in [-0.2, -0.15) is 5.10 Å². The van der Waals surface area contributed by atoms with Crippen molar-refractivity contribution in [3.05, 3.63) is 75.5 Å². The average molecular weight is 483 g/mol. The Morgan fingerprint density at radius 1 is 0.903 bits per heavy atom. The lowest BCUT2D eigenvalue weighted by Gasteiger charge is -2.35. The largest absolute Gasteiger partial charge is 0.507 e. The number of carbonyl (C=O) groups excluding carboxylic acids is 2. The van der Waals surface area contributed by atoms with Crippen molar-refractivity contribution in [1.29, 1.82) is 0 Å². The molecule has 0 radical (unpaired) electrons. The Bertz CT molecular complexity index is 1130. The van der Waals surface area contributed by atoms with Crippen molar-refractivity contribution < 1.29 is 14.7 Å². The van der Waals surface area contributed by atoms with Gasteiger partial charge in [0.05, 0.1) is 28.2 Å². The number of benzene rings is 2. The van der Waals surface area contributed by atoms with E-state index in [0.717, 1.165) is 15.9 Å². The molecule has 3 aromatic rings. The minimum Gasteiger partial charge on any atom is -0.507 e. The Labute approximate surface area is 189 Å². The number of phenols is 1. The van der Waals surface area contributed by atoms with Gasteiger partial charge in [-0.15, -0.1) is 0 Å². The van der Waals surface area contributed by atoms with Crippen molar-refractivity contribution >= 4 is 27.7 Å². The molecule has 0 saturated carbocycles. The van der Waals surface area contributed by atoms with Gasteiger partial charge < -0.3 is 14.9 Å². The van der Waals surface area contributed by atoms with Crippen LogP contribution in [0.1, 0.15) is 32.1 Å². The summed E-state index contributed by atoms with van der Waals surface area (Å²) in [4.78, 5) is 29.4. The van der Waals surface area contributed by atoms with Crippen molar-refractivity contribution in [3.63, 3.8) is 0 Å². The molecule has 2 aromatic carbocycles. The van der Waals surface area contributed by atoms with E-state index in [-0.39, 0.29) is 23.1 Å². The van der Waals surface area contributed by atoms with Gasteiger partial charge in [0.1, 0.15) is 5.75 Å². The van der Waals surface area contributed by atoms with E-state index in [4.69, 9.17) is 0 Å². The zero-order valence-electron chi connectivity index (χ0n) is 17.4. The van der Waals surface area contributed by atoms with Gasteiger partial charge in [-0.1, -0.05) is 28.1 Å². The summed E-state index contributed by atoms with van der Waals surface area (Å²) in [5, 5.41) is 14.5. The molecule has 8 heteroatoms. The van der Waals surface area contributed by atoms with E-state index in [1.807, 2.05) is 38.1 Å². The second kappa shape index (κ2) is 8.55. The summed E-state index contributed by atoms with van der Waals surface area (Å²) in [6.45, 7) is 5.43. The summed E-state index contributed by atoms with van der Waals surface area (Å²) < 4.78 is 2.76. The number of aromatic nitrogens is 2. The van der Waals surface area contributed by atoms with E-state index in [1.54, 1.807) is 32.7 Å². The highest BCUT2D eigenvalue weighted by atomic mass is 79.9. The topological polar surface area (TPSA) is 78.7 Å². The van der Waals surface area contributed by atoms with Crippen molar-refractivity contribution in [1.82, 2.24) is 19.6 Å². The Balaban J connectivity index is 1.49. The van der Waals surface area contributed by atoms with Gasteiger partial charge >= 0.3 is 0 Å². The molecule has 0 aliphatic carbocycles. The molecule has 0 bridgehead atoms. The Morgan fingerprint density at radius 2 is 1.48 bits per heavy atom. The predicted octanol–water partition coefficient (Wildman–Crippen LogP) is 3.56. The number of nitrogens with zero attached hydrogens (tertiary/aromatic N) is 4. The summed E-state index contributed by atoms with van der Waals surface area (Å²) in [6.07, 6.45) is 0. The molecule has 0 atom stereocenters. The van der Waals surface area contributed by atoms with Crippen LogP contribution in [-0.2, 0) is 0 Å². The molecule has 1 aliphatic rings. The van der Waals surface area contributed by atoms with Crippen LogP contribution < -0.4 is 0 Å². The summed E-state index contributed by atoms with van der Waals surface area (Å²) in [5.74, 6) is -0.328. The number of hydrogen-bond acceptors (Lipinski definition) is 4. The predicted molar refractivity (Wildman–Crippen MR) is 121 cm³/mol. The standard InChI is InChI=1S/C23H23BrN4O3/c1-15-21(16(2)28(25-15)18-9-7-17(24)8-10-18)23(31)27-13-11-26(12-14-27)22(30)19-5-3-4-6-20(19)29/h3-10,29H,11-14H2,1-2H3. The zero-order valence-corrected chi connectivity index (χ0v) is 19.0. The fourth-order valence-electron chi connectivity index (χ4n) is 3.88. The fourth-order valence-corrected chi connectivity index (χ4v) is 4.15. The van der Waals surface area contributed by atoms with E-state index < -0.39 is 0 Å². The van der Waals surface area contributed by atoms with Gasteiger partial charge in [-0.05, 0) is 50.2 Å². The molecule has 1 aromatic heterocycles. The smallest absolute Gasteiger partial charge is 0.257 e. The van der Waals surface area contributed by atoms with Crippen LogP contribution in [0.5, 0.6) is 5.75 Å². The summed E-state index contributed by atoms with van der Waals surface area (Å²) >= 11 is 3.43. The third-order valence-corrected chi connectivity index (χ3v) is 6.09. The number of hydrogen-bond donors (Lipinski definition) is 1. The third kappa shape index (κ3) is 4.07. The fraction of sp³-hybridized carbons (Fsp3) is 0.261. The summed E-state index contributed by atoms with van der Waals surface area (Å²) in [6, 6.07) is 14.3. The summed E-state index contributed by atoms with van der Waals surface area (Å²) in [7, 11) is 0. The van der Waals surface area contributed by atoms with E-state index >= 15 is 0 Å². The molecule has 4 rings (SSSR count). The number of amides is 2. The second-order valence-electron chi connectivity index (χ2n) is 7.54. The Hall–Kier alpha value is -3.13. The van der Waals surface area contributed by atoms with Gasteiger partial charge in [0, 0.05) is 30.7 Å². The highest BCUT2D eigenvalue weighted by Gasteiger charge is 2.29. The molecule has 2 amide bonds. The number of halogens is 1. The van der Waals surface area contributed by atoms with Crippen molar-refractivity contribution in [2.24, 2.45) is 0 Å². The Kier molecular flexibility index (Phi) is 5.82. The molecule has 0 spiro atoms. The van der Waals surface area contributed by atoms with Crippen molar-refractivity contribution in [3.8, 4) is 11.4 Å². The van der Waals surface area contributed by atoms with E-state index in [2.05, 4.69) is 21.0 Å². The molecule has 7 nitrogen and oxygen atoms in total. The van der Waals surface area contributed by atoms with Crippen LogP contribution in [0, 0.1) is 13.8 Å². The van der Waals surface area contributed by atoms with Crippen LogP contribution >= 0.6 is 15.9 Å². The molecule has 1 saturated heterocycles. The lowest BCUT2D eigenvalue weighted by Crippen LogP contribution is -2.50. The molecule has 31 heavy (non-hydrogen) atoms. The maximum absolute atomic E-state index is 13.3. The maximum Gasteiger partial charge on any atom is 0.257 e. The number of para-hydroxylation sites is 1. The molecule has 1 fully saturated rings. The molecule has 2 heterocycles. The average Bonchev–Trinajstić information content (AvgIpc) is 3.07. The lowest BCUT2D eigenvalue weighted by atomic mass is 10.1. The first-order valence-electron chi connectivity index (χ1n) is 10.1. The van der Waals surface area contributed by atoms with Crippen LogP contribution in [0.2, 0.25) is 0 Å². The molecule has 1 N–H and O–H groups in total. The SMILES string of the molecule is Cc1nn(-c2ccc(Br)cc2)c(C)c1C(=O)N1CCN(C(=O)c2ccccc2O)CC1. The first kappa shape index (κ1) is 21.1.